The van der Waals surface area contributed by atoms with Crippen molar-refractivity contribution < 1.29 is 19.8 Å². The third-order valence-corrected chi connectivity index (χ3v) is 4.96. The Labute approximate surface area is 134 Å². The van der Waals surface area contributed by atoms with Gasteiger partial charge in [0, 0.05) is 6.04 Å². The maximum absolute atomic E-state index is 12.2. The normalized spacial score (nSPS) is 26.3. The number of amides is 2. The molecule has 3 rings (SSSR count). The zero-order valence-corrected chi connectivity index (χ0v) is 12.9. The first-order valence-corrected chi connectivity index (χ1v) is 8.15. The van der Waals surface area contributed by atoms with Gasteiger partial charge in [0.15, 0.2) is 0 Å². The van der Waals surface area contributed by atoms with Gasteiger partial charge in [-0.3, -0.25) is 4.79 Å². The highest BCUT2D eigenvalue weighted by Gasteiger charge is 2.29. The molecule has 2 aliphatic carbocycles. The maximum atomic E-state index is 12.2. The second-order valence-corrected chi connectivity index (χ2v) is 6.44. The van der Waals surface area contributed by atoms with E-state index in [2.05, 4.69) is 10.6 Å². The standard InChI is InChI=1S/C17H22N2O4/c20-15-3-1-2-12-13(15)8-9-14(12)19-17(23)18-11-6-4-10(5-7-11)16(21)22/h1-3,10-11,14,20H,4-9H2,(H,21,22)(H2,18,19,23). The summed E-state index contributed by atoms with van der Waals surface area (Å²) in [6.07, 6.45) is 4.17. The number of carboxylic acids is 1. The summed E-state index contributed by atoms with van der Waals surface area (Å²) in [5, 5.41) is 24.7. The molecule has 1 atom stereocenters. The summed E-state index contributed by atoms with van der Waals surface area (Å²) in [6.45, 7) is 0. The lowest BCUT2D eigenvalue weighted by Gasteiger charge is -2.27. The number of hydrogen-bond donors (Lipinski definition) is 4. The van der Waals surface area contributed by atoms with Crippen LogP contribution in [0.25, 0.3) is 0 Å². The first kappa shape index (κ1) is 15.6. The van der Waals surface area contributed by atoms with Crippen molar-refractivity contribution in [3.05, 3.63) is 29.3 Å². The van der Waals surface area contributed by atoms with Gasteiger partial charge in [-0.2, -0.15) is 0 Å². The van der Waals surface area contributed by atoms with Crippen LogP contribution >= 0.6 is 0 Å². The lowest BCUT2D eigenvalue weighted by molar-refractivity contribution is -0.142. The van der Waals surface area contributed by atoms with E-state index in [4.69, 9.17) is 5.11 Å². The summed E-state index contributed by atoms with van der Waals surface area (Å²) < 4.78 is 0. The van der Waals surface area contributed by atoms with Gasteiger partial charge < -0.3 is 20.8 Å². The van der Waals surface area contributed by atoms with Crippen LogP contribution in [0.3, 0.4) is 0 Å². The number of aromatic hydroxyl groups is 1. The van der Waals surface area contributed by atoms with E-state index in [1.165, 1.54) is 0 Å². The second-order valence-electron chi connectivity index (χ2n) is 6.44. The van der Waals surface area contributed by atoms with Crippen molar-refractivity contribution >= 4 is 12.0 Å². The van der Waals surface area contributed by atoms with Gasteiger partial charge in [0.05, 0.1) is 12.0 Å². The quantitative estimate of drug-likeness (QED) is 0.687. The van der Waals surface area contributed by atoms with E-state index >= 15 is 0 Å². The minimum atomic E-state index is -0.740. The Bertz CT molecular complexity index is 609. The van der Waals surface area contributed by atoms with Gasteiger partial charge in [-0.1, -0.05) is 12.1 Å². The average molecular weight is 318 g/mol. The van der Waals surface area contributed by atoms with Crippen molar-refractivity contribution in [1.82, 2.24) is 10.6 Å². The monoisotopic (exact) mass is 318 g/mol. The molecule has 2 aliphatic rings. The van der Waals surface area contributed by atoms with Crippen LogP contribution in [0.4, 0.5) is 4.79 Å². The van der Waals surface area contributed by atoms with Crippen LogP contribution in [0.5, 0.6) is 5.75 Å². The smallest absolute Gasteiger partial charge is 0.315 e. The zero-order valence-electron chi connectivity index (χ0n) is 12.9. The third kappa shape index (κ3) is 3.41. The predicted octanol–water partition coefficient (Wildman–Crippen LogP) is 2.32. The molecular formula is C17H22N2O4. The van der Waals surface area contributed by atoms with Gasteiger partial charge in [0.25, 0.3) is 0 Å². The molecule has 124 valence electrons. The van der Waals surface area contributed by atoms with Crippen molar-refractivity contribution in [3.63, 3.8) is 0 Å². The molecule has 6 nitrogen and oxygen atoms in total. The molecule has 0 aliphatic heterocycles. The van der Waals surface area contributed by atoms with Crippen LogP contribution in [0.15, 0.2) is 18.2 Å². The molecule has 6 heteroatoms. The fourth-order valence-electron chi connectivity index (χ4n) is 3.65. The van der Waals surface area contributed by atoms with Gasteiger partial charge in [-0.25, -0.2) is 4.79 Å². The van der Waals surface area contributed by atoms with E-state index in [9.17, 15) is 14.7 Å². The predicted molar refractivity (Wildman–Crippen MR) is 84.2 cm³/mol. The van der Waals surface area contributed by atoms with Crippen LogP contribution in [0, 0.1) is 5.92 Å². The first-order valence-electron chi connectivity index (χ1n) is 8.15. The van der Waals surface area contributed by atoms with E-state index in [1.54, 1.807) is 12.1 Å². The topological polar surface area (TPSA) is 98.7 Å². The Morgan fingerprint density at radius 2 is 1.78 bits per heavy atom. The molecule has 23 heavy (non-hydrogen) atoms. The fourth-order valence-corrected chi connectivity index (χ4v) is 3.65. The van der Waals surface area contributed by atoms with Gasteiger partial charge in [-0.15, -0.1) is 0 Å². The van der Waals surface area contributed by atoms with Crippen LogP contribution in [-0.2, 0) is 11.2 Å². The molecule has 0 aromatic heterocycles. The van der Waals surface area contributed by atoms with E-state index in [0.717, 1.165) is 24.0 Å². The molecule has 0 saturated heterocycles. The Morgan fingerprint density at radius 3 is 2.48 bits per heavy atom. The molecule has 1 saturated carbocycles. The molecule has 1 aromatic carbocycles. The molecule has 4 N–H and O–H groups in total. The highest BCUT2D eigenvalue weighted by atomic mass is 16.4. The van der Waals surface area contributed by atoms with Crippen molar-refractivity contribution in [2.24, 2.45) is 5.92 Å². The van der Waals surface area contributed by atoms with Crippen LogP contribution in [0.2, 0.25) is 0 Å². The largest absolute Gasteiger partial charge is 0.508 e. The lowest BCUT2D eigenvalue weighted by atomic mass is 9.86. The van der Waals surface area contributed by atoms with Gasteiger partial charge in [0.1, 0.15) is 5.75 Å². The van der Waals surface area contributed by atoms with E-state index in [0.29, 0.717) is 31.4 Å². The third-order valence-electron chi connectivity index (χ3n) is 4.96. The van der Waals surface area contributed by atoms with Gasteiger partial charge >= 0.3 is 12.0 Å². The number of nitrogens with one attached hydrogen (secondary N) is 2. The van der Waals surface area contributed by atoms with Gasteiger partial charge in [0.2, 0.25) is 0 Å². The number of carbonyl (C=O) groups excluding carboxylic acids is 1. The minimum Gasteiger partial charge on any atom is -0.508 e. The summed E-state index contributed by atoms with van der Waals surface area (Å²) in [5.74, 6) is -0.727. The van der Waals surface area contributed by atoms with E-state index in [1.807, 2.05) is 6.07 Å². The fraction of sp³-hybridized carbons (Fsp3) is 0.529. The average Bonchev–Trinajstić information content (AvgIpc) is 2.92. The molecule has 0 bridgehead atoms. The number of carboxylic acid groups (broad SMARTS) is 1. The highest BCUT2D eigenvalue weighted by molar-refractivity contribution is 5.75. The van der Waals surface area contributed by atoms with E-state index in [-0.39, 0.29) is 24.0 Å². The first-order chi connectivity index (χ1) is 11.0. The number of fused-ring (bicyclic) bond motifs is 1. The summed E-state index contributed by atoms with van der Waals surface area (Å²) >= 11 is 0. The van der Waals surface area contributed by atoms with E-state index < -0.39 is 5.97 Å². The Balaban J connectivity index is 1.52. The summed E-state index contributed by atoms with van der Waals surface area (Å²) in [5.41, 5.74) is 1.90. The molecule has 2 amide bonds. The highest BCUT2D eigenvalue weighted by Crippen LogP contribution is 2.36. The maximum Gasteiger partial charge on any atom is 0.315 e. The van der Waals surface area contributed by atoms with Crippen LogP contribution in [-0.4, -0.2) is 28.3 Å². The Hall–Kier alpha value is -2.24. The minimum absolute atomic E-state index is 0.0376. The van der Waals surface area contributed by atoms with Crippen LogP contribution in [0.1, 0.15) is 49.3 Å². The van der Waals surface area contributed by atoms with Crippen LogP contribution < -0.4 is 10.6 Å². The molecule has 1 fully saturated rings. The van der Waals surface area contributed by atoms with Gasteiger partial charge in [-0.05, 0) is 55.7 Å². The molecule has 1 unspecified atom stereocenters. The summed E-state index contributed by atoms with van der Waals surface area (Å²) in [4.78, 5) is 23.1. The summed E-state index contributed by atoms with van der Waals surface area (Å²) in [7, 11) is 0. The van der Waals surface area contributed by atoms with Crippen molar-refractivity contribution in [2.45, 2.75) is 50.6 Å². The molecule has 0 radical (unpaired) electrons. The number of hydrogen-bond acceptors (Lipinski definition) is 3. The number of aliphatic carboxylic acids is 1. The molecule has 1 aromatic rings. The number of carbonyl (C=O) groups is 2. The molecule has 0 spiro atoms. The number of benzene rings is 1. The number of rotatable bonds is 3. The summed E-state index contributed by atoms with van der Waals surface area (Å²) in [6, 6.07) is 5.14. The zero-order chi connectivity index (χ0) is 16.4. The number of urea groups is 1. The Kier molecular flexibility index (Phi) is 4.41. The lowest BCUT2D eigenvalue weighted by Crippen LogP contribution is -2.45. The SMILES string of the molecule is O=C(NC1CCC(C(=O)O)CC1)NC1CCc2c(O)cccc21. The molecular weight excluding hydrogens is 296 g/mol. The van der Waals surface area contributed by atoms with Crippen molar-refractivity contribution in [3.8, 4) is 5.75 Å². The van der Waals surface area contributed by atoms with Crippen molar-refractivity contribution in [1.29, 1.82) is 0 Å². The molecule has 0 heterocycles. The number of phenolic OH excluding ortho intramolecular Hbond substituents is 1. The number of phenols is 1. The Morgan fingerprint density at radius 1 is 1.04 bits per heavy atom. The van der Waals surface area contributed by atoms with Crippen molar-refractivity contribution in [2.75, 3.05) is 0 Å². The second kappa shape index (κ2) is 6.48.